The molecule has 0 spiro atoms. The molecule has 1 aromatic heterocycles. The van der Waals surface area contributed by atoms with Crippen molar-refractivity contribution in [2.24, 2.45) is 5.10 Å². The number of esters is 2. The van der Waals surface area contributed by atoms with Crippen molar-refractivity contribution in [2.45, 2.75) is 26.2 Å². The number of carbonyl (C=O) groups is 3. The molecular formula is C25H20ClN3O8. The number of methoxy groups -OCH3 is 1. The molecule has 190 valence electrons. The van der Waals surface area contributed by atoms with Crippen molar-refractivity contribution in [2.75, 3.05) is 7.11 Å². The van der Waals surface area contributed by atoms with Gasteiger partial charge in [0, 0.05) is 29.2 Å². The van der Waals surface area contributed by atoms with Crippen LogP contribution in [0.3, 0.4) is 0 Å². The average Bonchev–Trinajstić information content (AvgIpc) is 3.24. The van der Waals surface area contributed by atoms with Crippen LogP contribution in [-0.4, -0.2) is 35.6 Å². The summed E-state index contributed by atoms with van der Waals surface area (Å²) in [6, 6.07) is 9.55. The lowest BCUT2D eigenvalue weighted by Crippen LogP contribution is -2.22. The van der Waals surface area contributed by atoms with Gasteiger partial charge < -0.3 is 13.9 Å². The van der Waals surface area contributed by atoms with E-state index < -0.39 is 28.5 Å². The summed E-state index contributed by atoms with van der Waals surface area (Å²) in [7, 11) is 1.27. The molecule has 0 unspecified atom stereocenters. The Kier molecular flexibility index (Phi) is 7.35. The van der Waals surface area contributed by atoms with Gasteiger partial charge in [0.05, 0.1) is 23.3 Å². The molecule has 1 amide bonds. The fourth-order valence-electron chi connectivity index (χ4n) is 3.88. The van der Waals surface area contributed by atoms with E-state index in [4.69, 9.17) is 20.8 Å². The molecule has 1 aliphatic carbocycles. The van der Waals surface area contributed by atoms with Gasteiger partial charge in [0.25, 0.3) is 11.6 Å². The maximum atomic E-state index is 12.8. The summed E-state index contributed by atoms with van der Waals surface area (Å²) in [5.41, 5.74) is 3.94. The number of nitro groups is 1. The van der Waals surface area contributed by atoms with Crippen LogP contribution in [0.15, 0.2) is 52.0 Å². The number of nitro benzene ring substituents is 1. The number of halogens is 1. The second kappa shape index (κ2) is 10.6. The fourth-order valence-corrected chi connectivity index (χ4v) is 4.07. The zero-order valence-corrected chi connectivity index (χ0v) is 20.5. The minimum absolute atomic E-state index is 0.00343. The van der Waals surface area contributed by atoms with Crippen molar-refractivity contribution in [3.05, 3.63) is 91.4 Å². The van der Waals surface area contributed by atoms with Crippen molar-refractivity contribution < 1.29 is 33.2 Å². The summed E-state index contributed by atoms with van der Waals surface area (Å²) >= 11 is 5.81. The highest BCUT2D eigenvalue weighted by molar-refractivity contribution is 6.32. The first-order valence-electron chi connectivity index (χ1n) is 11.0. The molecular weight excluding hydrogens is 506 g/mol. The van der Waals surface area contributed by atoms with Crippen LogP contribution in [0.4, 0.5) is 5.69 Å². The fraction of sp³-hybridized carbons (Fsp3) is 0.200. The van der Waals surface area contributed by atoms with Crippen LogP contribution in [0.25, 0.3) is 0 Å². The van der Waals surface area contributed by atoms with Crippen LogP contribution < -0.4 is 10.2 Å². The standard InChI is InChI=1S/C25H20ClN3O8/c1-13-21-18(27-28-23(30)15-8-11-17(26)19(12-15)29(33)34)4-3-5-20(21)37-22(13)25(32)36-16-9-6-14(7-10-16)24(31)35-2/h6-12H,3-5H2,1-2H3,(H,28,30)/b27-18+. The summed E-state index contributed by atoms with van der Waals surface area (Å²) in [5.74, 6) is -1.15. The molecule has 3 aromatic rings. The van der Waals surface area contributed by atoms with Crippen LogP contribution in [0.5, 0.6) is 5.75 Å². The SMILES string of the molecule is COC(=O)c1ccc(OC(=O)c2oc3c(c2C)/C(=N/NC(=O)c2ccc(Cl)c([N+](=O)[O-])c2)CCC3)cc1. The Balaban J connectivity index is 1.53. The third-order valence-corrected chi connectivity index (χ3v) is 6.01. The minimum atomic E-state index is -0.727. The van der Waals surface area contributed by atoms with Gasteiger partial charge in [-0.2, -0.15) is 5.10 Å². The number of hydrogen-bond donors (Lipinski definition) is 1. The summed E-state index contributed by atoms with van der Waals surface area (Å²) in [4.78, 5) is 47.4. The number of furan rings is 1. The second-order valence-corrected chi connectivity index (χ2v) is 8.44. The summed E-state index contributed by atoms with van der Waals surface area (Å²) in [6.45, 7) is 1.69. The average molecular weight is 526 g/mol. The first-order chi connectivity index (χ1) is 17.7. The highest BCUT2D eigenvalue weighted by Gasteiger charge is 2.29. The molecule has 11 nitrogen and oxygen atoms in total. The molecule has 0 radical (unpaired) electrons. The summed E-state index contributed by atoms with van der Waals surface area (Å²) in [5, 5.41) is 15.2. The molecule has 1 heterocycles. The van der Waals surface area contributed by atoms with Gasteiger partial charge in [0.15, 0.2) is 0 Å². The maximum Gasteiger partial charge on any atom is 0.379 e. The number of amides is 1. The van der Waals surface area contributed by atoms with E-state index in [1.165, 1.54) is 43.5 Å². The molecule has 0 aliphatic heterocycles. The Labute approximate surface area is 215 Å². The normalized spacial score (nSPS) is 13.5. The molecule has 0 atom stereocenters. The van der Waals surface area contributed by atoms with Gasteiger partial charge in [-0.1, -0.05) is 11.6 Å². The first kappa shape index (κ1) is 25.6. The number of nitrogens with zero attached hydrogens (tertiary/aromatic N) is 2. The van der Waals surface area contributed by atoms with Gasteiger partial charge in [-0.15, -0.1) is 0 Å². The number of ether oxygens (including phenoxy) is 2. The molecule has 0 saturated heterocycles. The lowest BCUT2D eigenvalue weighted by atomic mass is 9.93. The number of benzene rings is 2. The van der Waals surface area contributed by atoms with Crippen molar-refractivity contribution in [3.63, 3.8) is 0 Å². The zero-order chi connectivity index (χ0) is 26.7. The zero-order valence-electron chi connectivity index (χ0n) is 19.7. The number of hydrogen-bond acceptors (Lipinski definition) is 9. The molecule has 0 saturated carbocycles. The van der Waals surface area contributed by atoms with E-state index in [1.54, 1.807) is 6.92 Å². The summed E-state index contributed by atoms with van der Waals surface area (Å²) < 4.78 is 15.8. The lowest BCUT2D eigenvalue weighted by molar-refractivity contribution is -0.384. The molecule has 1 aliphatic rings. The highest BCUT2D eigenvalue weighted by Crippen LogP contribution is 2.31. The van der Waals surface area contributed by atoms with E-state index in [9.17, 15) is 24.5 Å². The number of carbonyl (C=O) groups excluding carboxylic acids is 3. The van der Waals surface area contributed by atoms with Gasteiger partial charge in [0.1, 0.15) is 16.5 Å². The van der Waals surface area contributed by atoms with Gasteiger partial charge in [0.2, 0.25) is 5.76 Å². The van der Waals surface area contributed by atoms with Crippen molar-refractivity contribution >= 4 is 40.8 Å². The number of rotatable bonds is 6. The third-order valence-electron chi connectivity index (χ3n) is 5.69. The third kappa shape index (κ3) is 5.36. The molecule has 12 heteroatoms. The quantitative estimate of drug-likeness (QED) is 0.212. The molecule has 4 rings (SSSR count). The topological polar surface area (TPSA) is 150 Å². The highest BCUT2D eigenvalue weighted by atomic mass is 35.5. The Morgan fingerprint density at radius 1 is 1.08 bits per heavy atom. The lowest BCUT2D eigenvalue weighted by Gasteiger charge is -2.13. The Morgan fingerprint density at radius 2 is 1.78 bits per heavy atom. The number of aryl methyl sites for hydroxylation is 1. The number of fused-ring (bicyclic) bond motifs is 1. The largest absolute Gasteiger partial charge is 0.465 e. The van der Waals surface area contributed by atoms with Gasteiger partial charge in [-0.05, 0) is 56.2 Å². The van der Waals surface area contributed by atoms with Crippen LogP contribution in [0.2, 0.25) is 5.02 Å². The molecule has 37 heavy (non-hydrogen) atoms. The van der Waals surface area contributed by atoms with Gasteiger partial charge in [-0.3, -0.25) is 14.9 Å². The Bertz CT molecular complexity index is 1440. The number of hydrazone groups is 1. The van der Waals surface area contributed by atoms with E-state index in [1.807, 2.05) is 0 Å². The molecule has 1 N–H and O–H groups in total. The van der Waals surface area contributed by atoms with E-state index in [2.05, 4.69) is 15.3 Å². The van der Waals surface area contributed by atoms with Gasteiger partial charge in [-0.25, -0.2) is 15.0 Å². The van der Waals surface area contributed by atoms with E-state index >= 15 is 0 Å². The molecule has 0 fully saturated rings. The van der Waals surface area contributed by atoms with Crippen molar-refractivity contribution in [1.29, 1.82) is 0 Å². The van der Waals surface area contributed by atoms with Crippen LogP contribution in [-0.2, 0) is 11.2 Å². The van der Waals surface area contributed by atoms with Crippen molar-refractivity contribution in [1.82, 2.24) is 5.43 Å². The van der Waals surface area contributed by atoms with Crippen LogP contribution >= 0.6 is 11.6 Å². The van der Waals surface area contributed by atoms with Crippen LogP contribution in [0.1, 0.15) is 61.0 Å². The van der Waals surface area contributed by atoms with Gasteiger partial charge >= 0.3 is 11.9 Å². The molecule has 0 bridgehead atoms. The molecule has 2 aromatic carbocycles. The van der Waals surface area contributed by atoms with E-state index in [0.717, 1.165) is 6.07 Å². The second-order valence-electron chi connectivity index (χ2n) is 8.04. The van der Waals surface area contributed by atoms with Crippen LogP contribution in [0, 0.1) is 17.0 Å². The predicted molar refractivity (Wildman–Crippen MR) is 131 cm³/mol. The van der Waals surface area contributed by atoms with E-state index in [0.29, 0.717) is 47.4 Å². The smallest absolute Gasteiger partial charge is 0.379 e. The Morgan fingerprint density at radius 3 is 2.46 bits per heavy atom. The predicted octanol–water partition coefficient (Wildman–Crippen LogP) is 4.63. The minimum Gasteiger partial charge on any atom is -0.465 e. The number of nitrogens with one attached hydrogen (secondary N) is 1. The maximum absolute atomic E-state index is 12.8. The Hall–Kier alpha value is -4.51. The van der Waals surface area contributed by atoms with Crippen molar-refractivity contribution in [3.8, 4) is 5.75 Å². The van der Waals surface area contributed by atoms with E-state index in [-0.39, 0.29) is 22.1 Å². The summed E-state index contributed by atoms with van der Waals surface area (Å²) in [6.07, 6.45) is 1.75. The first-order valence-corrected chi connectivity index (χ1v) is 11.4. The monoisotopic (exact) mass is 525 g/mol.